The number of carbonyl (C=O) groups is 2. The number of hydrogen-bond acceptors (Lipinski definition) is 10. The molecule has 15 heteroatoms. The van der Waals surface area contributed by atoms with E-state index in [0.717, 1.165) is 57.2 Å². The van der Waals surface area contributed by atoms with Crippen LogP contribution < -0.4 is 9.80 Å². The topological polar surface area (TPSA) is 177 Å². The van der Waals surface area contributed by atoms with Crippen LogP contribution in [0.2, 0.25) is 0 Å². The van der Waals surface area contributed by atoms with E-state index < -0.39 is 32.9 Å². The van der Waals surface area contributed by atoms with Crippen molar-refractivity contribution in [2.45, 2.75) is 61.2 Å². The Labute approximate surface area is 352 Å². The molecule has 13 nitrogen and oxygen atoms in total. The first-order valence-corrected chi connectivity index (χ1v) is 21.2. The molecule has 4 aromatic rings. The summed E-state index contributed by atoms with van der Waals surface area (Å²) in [5.41, 5.74) is 7.20. The van der Waals surface area contributed by atoms with Crippen molar-refractivity contribution in [3.05, 3.63) is 155 Å². The number of carboxylic acid groups (broad SMARTS) is 2. The number of allylic oxidation sites excluding steroid dienone is 7. The molecule has 0 aromatic heterocycles. The van der Waals surface area contributed by atoms with Crippen LogP contribution in [0.5, 0.6) is 0 Å². The Morgan fingerprint density at radius 2 is 1.50 bits per heavy atom. The van der Waals surface area contributed by atoms with Gasteiger partial charge >= 0.3 is 11.9 Å². The number of anilines is 3. The van der Waals surface area contributed by atoms with Gasteiger partial charge in [0.05, 0.1) is 28.1 Å². The lowest BCUT2D eigenvalue weighted by molar-refractivity contribution is -0.432. The van der Waals surface area contributed by atoms with E-state index in [1.165, 1.54) is 18.2 Å². The number of fused-ring (bicyclic) bond motifs is 2. The molecule has 2 heterocycles. The molecule has 7 rings (SSSR count). The van der Waals surface area contributed by atoms with Crippen molar-refractivity contribution in [2.24, 2.45) is 0 Å². The van der Waals surface area contributed by atoms with Crippen molar-refractivity contribution >= 4 is 62.6 Å². The maximum Gasteiger partial charge on any atom is 0.370 e. The minimum atomic E-state index is -4.52. The summed E-state index contributed by atoms with van der Waals surface area (Å²) >= 11 is 0.827. The third-order valence-electron chi connectivity index (χ3n) is 11.2. The van der Waals surface area contributed by atoms with Crippen LogP contribution in [0.1, 0.15) is 51.7 Å². The van der Waals surface area contributed by atoms with E-state index in [4.69, 9.17) is 5.26 Å². The fraction of sp³-hybridized carbons (Fsp3) is 0.222. The number of nitrogens with zero attached hydrogens (tertiary/aromatic N) is 3. The second-order valence-electron chi connectivity index (χ2n) is 15.6. The zero-order valence-electron chi connectivity index (χ0n) is 33.3. The van der Waals surface area contributed by atoms with Crippen LogP contribution in [0.15, 0.2) is 154 Å². The molecule has 0 radical (unpaired) electrons. The van der Waals surface area contributed by atoms with Crippen LogP contribution in [-0.2, 0) is 39.9 Å². The van der Waals surface area contributed by atoms with E-state index >= 15 is 0 Å². The van der Waals surface area contributed by atoms with Crippen molar-refractivity contribution in [1.29, 1.82) is 0 Å². The van der Waals surface area contributed by atoms with E-state index in [1.54, 1.807) is 15.5 Å². The summed E-state index contributed by atoms with van der Waals surface area (Å²) in [7, 11) is -4.52. The van der Waals surface area contributed by atoms with Gasteiger partial charge in [-0.3, -0.25) is 9.35 Å². The fourth-order valence-corrected chi connectivity index (χ4v) is 9.34. The number of aliphatic carboxylic acids is 2. The molecule has 3 aliphatic rings. The van der Waals surface area contributed by atoms with Crippen LogP contribution in [0.25, 0.3) is 0 Å². The van der Waals surface area contributed by atoms with Gasteiger partial charge in [-0.2, -0.15) is 13.0 Å². The maximum absolute atomic E-state index is 12.3. The highest BCUT2D eigenvalue weighted by atomic mass is 32.2. The first-order valence-electron chi connectivity index (χ1n) is 19.0. The van der Waals surface area contributed by atoms with Gasteiger partial charge in [0.25, 0.3) is 10.1 Å². The van der Waals surface area contributed by atoms with Crippen molar-refractivity contribution in [3.8, 4) is 0 Å². The zero-order valence-corrected chi connectivity index (χ0v) is 34.9. The molecule has 310 valence electrons. The summed E-state index contributed by atoms with van der Waals surface area (Å²) in [4.78, 5) is 28.7. The predicted octanol–water partition coefficient (Wildman–Crippen LogP) is 8.96. The highest BCUT2D eigenvalue weighted by molar-refractivity contribution is 7.94. The SMILES string of the molecule is CC1(C)C(/C=C/C2=C(N(c3ccccc3)c3ccccc3)C(=C/C=C3/N(CC(=O)O)c4ccc(S(=O)(=O)O)cc4C3(C)C)/CC2)=[N+](CC(=O)O)c2ccc(SOOO)cc21. The lowest BCUT2D eigenvalue weighted by Gasteiger charge is -2.29. The van der Waals surface area contributed by atoms with Crippen LogP contribution in [0, 0.1) is 0 Å². The molecule has 0 bridgehead atoms. The summed E-state index contributed by atoms with van der Waals surface area (Å²) < 4.78 is 40.6. The van der Waals surface area contributed by atoms with Crippen LogP contribution in [-0.4, -0.2) is 63.8 Å². The molecule has 1 aliphatic carbocycles. The van der Waals surface area contributed by atoms with Crippen molar-refractivity contribution < 1.29 is 52.0 Å². The Morgan fingerprint density at radius 1 is 0.833 bits per heavy atom. The van der Waals surface area contributed by atoms with Gasteiger partial charge in [-0.1, -0.05) is 67.4 Å². The largest absolute Gasteiger partial charge is 0.480 e. The quantitative estimate of drug-likeness (QED) is 0.0311. The molecule has 0 fully saturated rings. The maximum atomic E-state index is 12.3. The van der Waals surface area contributed by atoms with E-state index in [1.807, 2.05) is 125 Å². The second-order valence-corrected chi connectivity index (χ2v) is 17.8. The van der Waals surface area contributed by atoms with E-state index in [2.05, 4.69) is 14.3 Å². The van der Waals surface area contributed by atoms with Crippen LogP contribution in [0.3, 0.4) is 0 Å². The summed E-state index contributed by atoms with van der Waals surface area (Å²) in [5, 5.41) is 32.6. The second kappa shape index (κ2) is 16.7. The Morgan fingerprint density at radius 3 is 2.10 bits per heavy atom. The lowest BCUT2D eigenvalue weighted by Crippen LogP contribution is -2.30. The molecule has 0 saturated carbocycles. The fourth-order valence-electron chi connectivity index (χ4n) is 8.43. The standard InChI is InChI=1S/C45H43N3O10S2/c1-44(2)35-25-33(59-58-57-53)19-21-37(35)46(27-41(49)50)39(44)23-17-29-15-16-30(43(29)48(31-11-7-5-8-12-31)32-13-9-6-10-14-32)18-24-40-45(3,4)36-26-34(60(54,55)56)20-22-38(36)47(40)28-42(51)52/h5-14,17-26H,15-16,27-28H2,1-4H3,(H3-,49,50,51,52,53,54,55,56)/p+1. The average Bonchev–Trinajstić information content (AvgIpc) is 3.76. The van der Waals surface area contributed by atoms with Gasteiger partial charge in [0.1, 0.15) is 6.54 Å². The highest BCUT2D eigenvalue weighted by Gasteiger charge is 2.46. The average molecular weight is 851 g/mol. The van der Waals surface area contributed by atoms with Gasteiger partial charge in [-0.05, 0) is 104 Å². The Hall–Kier alpha value is -5.81. The summed E-state index contributed by atoms with van der Waals surface area (Å²) in [6, 6.07) is 29.5. The highest BCUT2D eigenvalue weighted by Crippen LogP contribution is 2.49. The van der Waals surface area contributed by atoms with E-state index in [0.29, 0.717) is 34.7 Å². The normalized spacial score (nSPS) is 18.2. The van der Waals surface area contributed by atoms with Crippen LogP contribution >= 0.6 is 12.0 Å². The van der Waals surface area contributed by atoms with Gasteiger partial charge in [0.2, 0.25) is 12.2 Å². The molecule has 4 N–H and O–H groups in total. The van der Waals surface area contributed by atoms with E-state index in [-0.39, 0.29) is 18.0 Å². The number of rotatable bonds is 14. The number of carboxylic acids is 2. The minimum Gasteiger partial charge on any atom is -0.480 e. The minimum absolute atomic E-state index is 0.277. The number of benzene rings is 4. The van der Waals surface area contributed by atoms with Gasteiger partial charge in [-0.15, -0.1) is 4.33 Å². The molecule has 0 unspecified atom stereocenters. The third-order valence-corrected chi connectivity index (χ3v) is 12.6. The molecule has 0 atom stereocenters. The first-order chi connectivity index (χ1) is 28.5. The summed E-state index contributed by atoms with van der Waals surface area (Å²) in [6.45, 7) is 7.18. The monoisotopic (exact) mass is 850 g/mol. The zero-order chi connectivity index (χ0) is 43.0. The predicted molar refractivity (Wildman–Crippen MR) is 228 cm³/mol. The molecular formula is C45H44N3O10S2+. The number of para-hydroxylation sites is 2. The Balaban J connectivity index is 1.40. The smallest absolute Gasteiger partial charge is 0.370 e. The lowest BCUT2D eigenvalue weighted by atomic mass is 9.81. The van der Waals surface area contributed by atoms with Gasteiger partial charge in [0.15, 0.2) is 5.71 Å². The Kier molecular flexibility index (Phi) is 11.8. The molecule has 4 aromatic carbocycles. The molecule has 0 amide bonds. The molecule has 2 aliphatic heterocycles. The molecule has 60 heavy (non-hydrogen) atoms. The summed E-state index contributed by atoms with van der Waals surface area (Å²) in [5.74, 6) is -2.07. The van der Waals surface area contributed by atoms with Crippen LogP contribution in [0.4, 0.5) is 22.7 Å². The molecule has 0 spiro atoms. The Bertz CT molecular complexity index is 2590. The summed E-state index contributed by atoms with van der Waals surface area (Å²) in [6.07, 6.45) is 9.14. The van der Waals surface area contributed by atoms with E-state index in [9.17, 15) is 32.8 Å². The van der Waals surface area contributed by atoms with Gasteiger partial charge in [0, 0.05) is 50.8 Å². The van der Waals surface area contributed by atoms with Crippen molar-refractivity contribution in [1.82, 2.24) is 0 Å². The first kappa shape index (κ1) is 42.3. The molecule has 0 saturated heterocycles. The van der Waals surface area contributed by atoms with Crippen molar-refractivity contribution in [2.75, 3.05) is 22.9 Å². The van der Waals surface area contributed by atoms with Gasteiger partial charge in [-0.25, -0.2) is 10.1 Å². The van der Waals surface area contributed by atoms with Crippen molar-refractivity contribution in [3.63, 3.8) is 0 Å². The van der Waals surface area contributed by atoms with Gasteiger partial charge < -0.3 is 20.0 Å². The molecular weight excluding hydrogens is 807 g/mol. The number of hydrogen-bond donors (Lipinski definition) is 4. The third kappa shape index (κ3) is 8.19.